The van der Waals surface area contributed by atoms with Crippen LogP contribution in [0.3, 0.4) is 0 Å². The van der Waals surface area contributed by atoms with Gasteiger partial charge in [0.25, 0.3) is 5.91 Å². The molecule has 0 spiro atoms. The summed E-state index contributed by atoms with van der Waals surface area (Å²) in [5.41, 5.74) is 1.85. The molecule has 0 saturated heterocycles. The molecule has 0 aliphatic carbocycles. The molecule has 4 nitrogen and oxygen atoms in total. The highest BCUT2D eigenvalue weighted by Gasteiger charge is 2.21. The van der Waals surface area contributed by atoms with Gasteiger partial charge in [0.15, 0.2) is 0 Å². The highest BCUT2D eigenvalue weighted by Crippen LogP contribution is 2.17. The summed E-state index contributed by atoms with van der Waals surface area (Å²) < 4.78 is 0. The summed E-state index contributed by atoms with van der Waals surface area (Å²) in [6.45, 7) is 6.05. The van der Waals surface area contributed by atoms with Gasteiger partial charge in [0.2, 0.25) is 5.91 Å². The lowest BCUT2D eigenvalue weighted by Crippen LogP contribution is -2.27. The second-order valence-corrected chi connectivity index (χ2v) is 6.45. The standard InChI is InChI=1S/C19H22N2O2/c1-19(2,3)18(23)21-16-11-9-15(10-12-16)17(22)20-13-14-7-5-4-6-8-14/h4-12H,13H2,1-3H3,(H,20,22)(H,21,23). The molecule has 2 N–H and O–H groups in total. The van der Waals surface area contributed by atoms with Crippen molar-refractivity contribution in [2.75, 3.05) is 5.32 Å². The normalized spacial score (nSPS) is 10.9. The van der Waals surface area contributed by atoms with Crippen LogP contribution >= 0.6 is 0 Å². The van der Waals surface area contributed by atoms with Crippen LogP contribution < -0.4 is 10.6 Å². The van der Waals surface area contributed by atoms with Gasteiger partial charge in [-0.15, -0.1) is 0 Å². The highest BCUT2D eigenvalue weighted by molar-refractivity contribution is 5.97. The Morgan fingerprint density at radius 3 is 2.09 bits per heavy atom. The predicted molar refractivity (Wildman–Crippen MR) is 92.1 cm³/mol. The smallest absolute Gasteiger partial charge is 0.251 e. The summed E-state index contributed by atoms with van der Waals surface area (Å²) in [5.74, 6) is -0.193. The van der Waals surface area contributed by atoms with E-state index in [9.17, 15) is 9.59 Å². The fourth-order valence-electron chi connectivity index (χ4n) is 1.90. The van der Waals surface area contributed by atoms with Gasteiger partial charge >= 0.3 is 0 Å². The lowest BCUT2D eigenvalue weighted by molar-refractivity contribution is -0.123. The van der Waals surface area contributed by atoms with E-state index in [-0.39, 0.29) is 11.8 Å². The number of benzene rings is 2. The van der Waals surface area contributed by atoms with E-state index in [0.29, 0.717) is 17.8 Å². The number of amides is 2. The molecule has 23 heavy (non-hydrogen) atoms. The summed E-state index contributed by atoms with van der Waals surface area (Å²) in [6, 6.07) is 16.6. The first kappa shape index (κ1) is 16.7. The second-order valence-electron chi connectivity index (χ2n) is 6.45. The first-order chi connectivity index (χ1) is 10.9. The average molecular weight is 310 g/mol. The largest absolute Gasteiger partial charge is 0.348 e. The molecular formula is C19H22N2O2. The topological polar surface area (TPSA) is 58.2 Å². The van der Waals surface area contributed by atoms with Crippen LogP contribution in [0.5, 0.6) is 0 Å². The van der Waals surface area contributed by atoms with Crippen LogP contribution in [0.2, 0.25) is 0 Å². The molecule has 0 aliphatic heterocycles. The van der Waals surface area contributed by atoms with Gasteiger partial charge < -0.3 is 10.6 Å². The Morgan fingerprint density at radius 2 is 1.52 bits per heavy atom. The summed E-state index contributed by atoms with van der Waals surface area (Å²) in [6.07, 6.45) is 0. The van der Waals surface area contributed by atoms with Crippen molar-refractivity contribution in [2.45, 2.75) is 27.3 Å². The van der Waals surface area contributed by atoms with Gasteiger partial charge in [-0.25, -0.2) is 0 Å². The van der Waals surface area contributed by atoms with E-state index in [1.54, 1.807) is 24.3 Å². The van der Waals surface area contributed by atoms with E-state index in [2.05, 4.69) is 10.6 Å². The molecule has 0 heterocycles. The minimum absolute atomic E-state index is 0.0567. The number of rotatable bonds is 4. The maximum absolute atomic E-state index is 12.1. The zero-order chi connectivity index (χ0) is 16.9. The average Bonchev–Trinajstić information content (AvgIpc) is 2.53. The van der Waals surface area contributed by atoms with Gasteiger partial charge in [0.1, 0.15) is 0 Å². The van der Waals surface area contributed by atoms with Crippen molar-refractivity contribution >= 4 is 17.5 Å². The van der Waals surface area contributed by atoms with Crippen molar-refractivity contribution in [2.24, 2.45) is 5.41 Å². The molecule has 0 bridgehead atoms. The minimum Gasteiger partial charge on any atom is -0.348 e. The molecule has 2 amide bonds. The number of hydrogen-bond donors (Lipinski definition) is 2. The fourth-order valence-corrected chi connectivity index (χ4v) is 1.90. The van der Waals surface area contributed by atoms with Crippen LogP contribution in [0.4, 0.5) is 5.69 Å². The number of anilines is 1. The third-order valence-corrected chi connectivity index (χ3v) is 3.38. The Hall–Kier alpha value is -2.62. The van der Waals surface area contributed by atoms with Crippen molar-refractivity contribution in [1.29, 1.82) is 0 Å². The number of carbonyl (C=O) groups is 2. The van der Waals surface area contributed by atoms with Gasteiger partial charge in [0, 0.05) is 23.2 Å². The minimum atomic E-state index is -0.453. The third-order valence-electron chi connectivity index (χ3n) is 3.38. The Kier molecular flexibility index (Phi) is 5.16. The molecule has 0 unspecified atom stereocenters. The summed E-state index contributed by atoms with van der Waals surface area (Å²) >= 11 is 0. The Morgan fingerprint density at radius 1 is 0.913 bits per heavy atom. The molecular weight excluding hydrogens is 288 g/mol. The molecule has 0 atom stereocenters. The quantitative estimate of drug-likeness (QED) is 0.906. The van der Waals surface area contributed by atoms with E-state index < -0.39 is 5.41 Å². The lowest BCUT2D eigenvalue weighted by atomic mass is 9.95. The zero-order valence-electron chi connectivity index (χ0n) is 13.7. The zero-order valence-corrected chi connectivity index (χ0v) is 13.7. The molecule has 0 aromatic heterocycles. The highest BCUT2D eigenvalue weighted by atomic mass is 16.2. The van der Waals surface area contributed by atoms with Crippen molar-refractivity contribution in [1.82, 2.24) is 5.32 Å². The molecule has 0 saturated carbocycles. The van der Waals surface area contributed by atoms with E-state index in [1.165, 1.54) is 0 Å². The van der Waals surface area contributed by atoms with Gasteiger partial charge in [-0.2, -0.15) is 0 Å². The van der Waals surface area contributed by atoms with Crippen molar-refractivity contribution in [3.8, 4) is 0 Å². The van der Waals surface area contributed by atoms with E-state index in [1.807, 2.05) is 51.1 Å². The molecule has 2 aromatic carbocycles. The van der Waals surface area contributed by atoms with Gasteiger partial charge in [-0.1, -0.05) is 51.1 Å². The monoisotopic (exact) mass is 310 g/mol. The predicted octanol–water partition coefficient (Wildman–Crippen LogP) is 3.60. The van der Waals surface area contributed by atoms with Crippen molar-refractivity contribution in [3.63, 3.8) is 0 Å². The van der Waals surface area contributed by atoms with Crippen LogP contribution in [0, 0.1) is 5.41 Å². The number of nitrogens with one attached hydrogen (secondary N) is 2. The van der Waals surface area contributed by atoms with Crippen LogP contribution in [-0.2, 0) is 11.3 Å². The van der Waals surface area contributed by atoms with Crippen molar-refractivity contribution < 1.29 is 9.59 Å². The Balaban J connectivity index is 1.94. The molecule has 0 radical (unpaired) electrons. The molecule has 4 heteroatoms. The van der Waals surface area contributed by atoms with Crippen LogP contribution in [0.25, 0.3) is 0 Å². The third kappa shape index (κ3) is 4.95. The SMILES string of the molecule is CC(C)(C)C(=O)Nc1ccc(C(=O)NCc2ccccc2)cc1. The first-order valence-electron chi connectivity index (χ1n) is 7.60. The molecule has 2 rings (SSSR count). The number of hydrogen-bond acceptors (Lipinski definition) is 2. The van der Waals surface area contributed by atoms with Crippen LogP contribution in [-0.4, -0.2) is 11.8 Å². The maximum atomic E-state index is 12.1. The summed E-state index contributed by atoms with van der Waals surface area (Å²) in [4.78, 5) is 24.0. The number of carbonyl (C=O) groups excluding carboxylic acids is 2. The second kappa shape index (κ2) is 7.09. The molecule has 0 aliphatic rings. The van der Waals surface area contributed by atoms with E-state index in [4.69, 9.17) is 0 Å². The van der Waals surface area contributed by atoms with Gasteiger partial charge in [-0.05, 0) is 29.8 Å². The Bertz CT molecular complexity index is 671. The molecule has 0 fully saturated rings. The van der Waals surface area contributed by atoms with Gasteiger partial charge in [0.05, 0.1) is 0 Å². The van der Waals surface area contributed by atoms with Gasteiger partial charge in [-0.3, -0.25) is 9.59 Å². The summed E-state index contributed by atoms with van der Waals surface area (Å²) in [7, 11) is 0. The van der Waals surface area contributed by atoms with E-state index in [0.717, 1.165) is 5.56 Å². The Labute approximate surface area is 136 Å². The lowest BCUT2D eigenvalue weighted by Gasteiger charge is -2.17. The van der Waals surface area contributed by atoms with E-state index >= 15 is 0 Å². The first-order valence-corrected chi connectivity index (χ1v) is 7.60. The molecule has 2 aromatic rings. The van der Waals surface area contributed by atoms with Crippen LogP contribution in [0.15, 0.2) is 54.6 Å². The fraction of sp³-hybridized carbons (Fsp3) is 0.263. The summed E-state index contributed by atoms with van der Waals surface area (Å²) in [5, 5.41) is 5.71. The van der Waals surface area contributed by atoms with Crippen LogP contribution in [0.1, 0.15) is 36.7 Å². The molecule has 120 valence electrons. The maximum Gasteiger partial charge on any atom is 0.251 e. The van der Waals surface area contributed by atoms with Crippen molar-refractivity contribution in [3.05, 3.63) is 65.7 Å².